The Hall–Kier alpha value is -0.870. The molecule has 2 N–H and O–H groups in total. The Balaban J connectivity index is 2.51. The predicted molar refractivity (Wildman–Crippen MR) is 44.9 cm³/mol. The van der Waals surface area contributed by atoms with Gasteiger partial charge in [0.25, 0.3) is 0 Å². The van der Waals surface area contributed by atoms with E-state index in [0.717, 1.165) is 23.5 Å². The molecule has 2 rings (SSSR count). The molecule has 0 radical (unpaired) electrons. The number of aromatic nitrogens is 1. The number of anilines is 1. The van der Waals surface area contributed by atoms with Gasteiger partial charge in [-0.15, -0.1) is 0 Å². The van der Waals surface area contributed by atoms with Crippen LogP contribution in [0.5, 0.6) is 0 Å². The van der Waals surface area contributed by atoms with E-state index in [0.29, 0.717) is 0 Å². The molecule has 0 spiro atoms. The Bertz CT molecular complexity index is 320. The van der Waals surface area contributed by atoms with Gasteiger partial charge in [-0.25, -0.2) is 0 Å². The molecular formula is C7H8N2OS. The van der Waals surface area contributed by atoms with Gasteiger partial charge in [0.2, 0.25) is 0 Å². The van der Waals surface area contributed by atoms with Gasteiger partial charge in [0.1, 0.15) is 10.5 Å². The summed E-state index contributed by atoms with van der Waals surface area (Å²) in [6.45, 7) is 0.720. The Morgan fingerprint density at radius 3 is 3.27 bits per heavy atom. The highest BCUT2D eigenvalue weighted by atomic mass is 32.1. The summed E-state index contributed by atoms with van der Waals surface area (Å²) >= 11 is 4.95. The topological polar surface area (TPSA) is 37.0 Å². The lowest BCUT2D eigenvalue weighted by atomic mass is 10.2. The maximum Gasteiger partial charge on any atom is 0.131 e. The van der Waals surface area contributed by atoms with Gasteiger partial charge in [0.05, 0.1) is 6.61 Å². The fraction of sp³-hybridized carbons (Fsp3) is 0.286. The lowest BCUT2D eigenvalue weighted by Gasteiger charge is -2.16. The smallest absolute Gasteiger partial charge is 0.131 e. The highest BCUT2D eigenvalue weighted by Crippen LogP contribution is 2.16. The molecule has 1 aliphatic heterocycles. The standard InChI is InChI=1S/C7H8N2OS/c11-6-2-1-5-3-4-10-9-7(5)8-6/h1-2H,3-4H2,(H2,8,9,11). The van der Waals surface area contributed by atoms with Crippen molar-refractivity contribution in [2.75, 3.05) is 12.1 Å². The maximum absolute atomic E-state index is 5.02. The van der Waals surface area contributed by atoms with Crippen LogP contribution in [-0.4, -0.2) is 11.6 Å². The van der Waals surface area contributed by atoms with Crippen LogP contribution in [0, 0.1) is 4.64 Å². The zero-order chi connectivity index (χ0) is 7.68. The Kier molecular flexibility index (Phi) is 1.63. The Morgan fingerprint density at radius 2 is 2.36 bits per heavy atom. The van der Waals surface area contributed by atoms with Crippen LogP contribution in [0.3, 0.4) is 0 Å². The molecule has 1 aromatic rings. The minimum absolute atomic E-state index is 0.720. The van der Waals surface area contributed by atoms with Gasteiger partial charge in [-0.1, -0.05) is 18.3 Å². The van der Waals surface area contributed by atoms with Crippen molar-refractivity contribution in [2.24, 2.45) is 0 Å². The van der Waals surface area contributed by atoms with E-state index in [9.17, 15) is 0 Å². The highest BCUT2D eigenvalue weighted by Gasteiger charge is 2.07. The molecule has 0 fully saturated rings. The number of fused-ring (bicyclic) bond motifs is 1. The fourth-order valence-electron chi connectivity index (χ4n) is 1.09. The van der Waals surface area contributed by atoms with E-state index in [1.165, 1.54) is 5.56 Å². The summed E-state index contributed by atoms with van der Waals surface area (Å²) in [6, 6.07) is 3.91. The monoisotopic (exact) mass is 168 g/mol. The molecule has 11 heavy (non-hydrogen) atoms. The van der Waals surface area contributed by atoms with Gasteiger partial charge in [-0.05, 0) is 11.6 Å². The quantitative estimate of drug-likeness (QED) is 0.578. The van der Waals surface area contributed by atoms with Crippen molar-refractivity contribution < 1.29 is 4.84 Å². The van der Waals surface area contributed by atoms with Crippen molar-refractivity contribution in [3.63, 3.8) is 0 Å². The maximum atomic E-state index is 5.02. The number of hydrogen-bond acceptors (Lipinski definition) is 3. The van der Waals surface area contributed by atoms with Crippen LogP contribution >= 0.6 is 12.2 Å². The molecule has 0 saturated carbocycles. The summed E-state index contributed by atoms with van der Waals surface area (Å²) < 4.78 is 0.724. The van der Waals surface area contributed by atoms with Crippen molar-refractivity contribution in [1.29, 1.82) is 0 Å². The van der Waals surface area contributed by atoms with Crippen molar-refractivity contribution in [2.45, 2.75) is 6.42 Å². The zero-order valence-electron chi connectivity index (χ0n) is 5.89. The van der Waals surface area contributed by atoms with E-state index in [1.807, 2.05) is 12.1 Å². The molecule has 1 aliphatic rings. The van der Waals surface area contributed by atoms with E-state index in [2.05, 4.69) is 10.5 Å². The van der Waals surface area contributed by atoms with E-state index in [1.54, 1.807) is 0 Å². The van der Waals surface area contributed by atoms with Crippen LogP contribution in [0.4, 0.5) is 5.82 Å². The van der Waals surface area contributed by atoms with Crippen LogP contribution in [0.15, 0.2) is 12.1 Å². The summed E-state index contributed by atoms with van der Waals surface area (Å²) in [7, 11) is 0. The molecule has 1 aromatic heterocycles. The van der Waals surface area contributed by atoms with Crippen LogP contribution in [0.1, 0.15) is 5.56 Å². The van der Waals surface area contributed by atoms with Crippen LogP contribution in [-0.2, 0) is 11.3 Å². The van der Waals surface area contributed by atoms with Crippen molar-refractivity contribution in [3.8, 4) is 0 Å². The second kappa shape index (κ2) is 2.64. The molecule has 0 atom stereocenters. The summed E-state index contributed by atoms with van der Waals surface area (Å²) in [5, 5.41) is 0. The second-order valence-corrected chi connectivity index (χ2v) is 2.86. The number of rotatable bonds is 0. The zero-order valence-corrected chi connectivity index (χ0v) is 6.70. The molecule has 0 bridgehead atoms. The Morgan fingerprint density at radius 1 is 1.45 bits per heavy atom. The van der Waals surface area contributed by atoms with E-state index >= 15 is 0 Å². The molecule has 3 nitrogen and oxygen atoms in total. The van der Waals surface area contributed by atoms with E-state index < -0.39 is 0 Å². The van der Waals surface area contributed by atoms with Gasteiger partial charge in [-0.2, -0.15) is 0 Å². The van der Waals surface area contributed by atoms with Crippen molar-refractivity contribution >= 4 is 18.0 Å². The molecule has 0 saturated heterocycles. The predicted octanol–water partition coefficient (Wildman–Crippen LogP) is 1.64. The van der Waals surface area contributed by atoms with E-state index in [-0.39, 0.29) is 0 Å². The average molecular weight is 168 g/mol. The van der Waals surface area contributed by atoms with E-state index in [4.69, 9.17) is 17.1 Å². The fourth-order valence-corrected chi connectivity index (χ4v) is 1.26. The third-order valence-corrected chi connectivity index (χ3v) is 1.89. The highest BCUT2D eigenvalue weighted by molar-refractivity contribution is 7.71. The van der Waals surface area contributed by atoms with Crippen molar-refractivity contribution in [3.05, 3.63) is 22.3 Å². The van der Waals surface area contributed by atoms with Crippen LogP contribution < -0.4 is 5.48 Å². The minimum atomic E-state index is 0.720. The Labute approximate surface area is 69.4 Å². The summed E-state index contributed by atoms with van der Waals surface area (Å²) in [4.78, 5) is 8.03. The molecule has 0 aromatic carbocycles. The first kappa shape index (κ1) is 6.82. The lowest BCUT2D eigenvalue weighted by molar-refractivity contribution is 0.185. The second-order valence-electron chi connectivity index (χ2n) is 2.42. The SMILES string of the molecule is S=c1ccc2c([nH]1)NOCC2. The molecule has 0 aliphatic carbocycles. The van der Waals surface area contributed by atoms with Gasteiger partial charge < -0.3 is 4.98 Å². The first-order valence-corrected chi connectivity index (χ1v) is 3.87. The number of nitrogens with one attached hydrogen (secondary N) is 2. The van der Waals surface area contributed by atoms with Gasteiger partial charge >= 0.3 is 0 Å². The average Bonchev–Trinajstić information content (AvgIpc) is 2.04. The number of H-pyrrole nitrogens is 1. The van der Waals surface area contributed by atoms with Gasteiger partial charge in [0.15, 0.2) is 0 Å². The molecule has 0 unspecified atom stereocenters. The van der Waals surface area contributed by atoms with Crippen LogP contribution in [0.25, 0.3) is 0 Å². The first-order valence-electron chi connectivity index (χ1n) is 3.46. The number of aromatic amines is 1. The van der Waals surface area contributed by atoms with Gasteiger partial charge in [-0.3, -0.25) is 10.3 Å². The lowest BCUT2D eigenvalue weighted by Crippen LogP contribution is -2.14. The normalized spacial score (nSPS) is 15.3. The third kappa shape index (κ3) is 1.27. The van der Waals surface area contributed by atoms with Crippen LogP contribution in [0.2, 0.25) is 0 Å². The van der Waals surface area contributed by atoms with Crippen molar-refractivity contribution in [1.82, 2.24) is 4.98 Å². The van der Waals surface area contributed by atoms with Gasteiger partial charge in [0, 0.05) is 6.42 Å². The molecule has 4 heteroatoms. The molecular weight excluding hydrogens is 160 g/mol. The third-order valence-electron chi connectivity index (χ3n) is 1.65. The molecule has 2 heterocycles. The largest absolute Gasteiger partial charge is 0.331 e. The number of pyridine rings is 1. The summed E-state index contributed by atoms with van der Waals surface area (Å²) in [6.07, 6.45) is 0.939. The molecule has 58 valence electrons. The first-order chi connectivity index (χ1) is 5.36. The number of hydrogen-bond donors (Lipinski definition) is 2. The summed E-state index contributed by atoms with van der Waals surface area (Å²) in [5.41, 5.74) is 4.01. The minimum Gasteiger partial charge on any atom is -0.331 e. The summed E-state index contributed by atoms with van der Waals surface area (Å²) in [5.74, 6) is 0.892. The molecule has 0 amide bonds.